The molecule has 0 bridgehead atoms. The molecule has 2 N–H and O–H groups in total. The van der Waals surface area contributed by atoms with E-state index in [4.69, 9.17) is 13.9 Å². The smallest absolute Gasteiger partial charge is 0.408 e. The van der Waals surface area contributed by atoms with E-state index in [2.05, 4.69) is 20.6 Å². The second kappa shape index (κ2) is 9.29. The Morgan fingerprint density at radius 3 is 2.52 bits per heavy atom. The number of carbonyl (C=O) groups excluding carboxylic acids is 2. The molecule has 0 unspecified atom stereocenters. The summed E-state index contributed by atoms with van der Waals surface area (Å²) in [7, 11) is 1.60. The number of rotatable bonds is 6. The number of nitrogens with zero attached hydrogens (tertiary/aromatic N) is 2. The third-order valence-electron chi connectivity index (χ3n) is 4.08. The van der Waals surface area contributed by atoms with Gasteiger partial charge in [-0.3, -0.25) is 4.79 Å². The van der Waals surface area contributed by atoms with Gasteiger partial charge in [0.15, 0.2) is 0 Å². The van der Waals surface area contributed by atoms with Crippen molar-refractivity contribution in [1.82, 2.24) is 15.3 Å². The maximum Gasteiger partial charge on any atom is 0.408 e. The Hall–Kier alpha value is -3.88. The Kier molecular flexibility index (Phi) is 6.54. The van der Waals surface area contributed by atoms with Gasteiger partial charge >= 0.3 is 6.09 Å². The summed E-state index contributed by atoms with van der Waals surface area (Å²) in [6.07, 6.45) is 2.15. The first kappa shape index (κ1) is 21.8. The van der Waals surface area contributed by atoms with Crippen LogP contribution in [0.1, 0.15) is 36.9 Å². The third-order valence-corrected chi connectivity index (χ3v) is 4.08. The van der Waals surface area contributed by atoms with Gasteiger partial charge in [-0.05, 0) is 51.1 Å². The highest BCUT2D eigenvalue weighted by Crippen LogP contribution is 2.22. The summed E-state index contributed by atoms with van der Waals surface area (Å²) in [6, 6.07) is 10.6. The quantitative estimate of drug-likeness (QED) is 0.614. The van der Waals surface area contributed by atoms with Crippen molar-refractivity contribution in [3.63, 3.8) is 0 Å². The summed E-state index contributed by atoms with van der Waals surface area (Å²) in [5.74, 6) is 0.943. The Bertz CT molecular complexity index is 1050. The fourth-order valence-corrected chi connectivity index (χ4v) is 2.68. The molecule has 31 heavy (non-hydrogen) atoms. The second-order valence-corrected chi connectivity index (χ2v) is 7.58. The summed E-state index contributed by atoms with van der Waals surface area (Å²) in [4.78, 5) is 32.9. The predicted octanol–water partition coefficient (Wildman–Crippen LogP) is 4.02. The monoisotopic (exact) mass is 424 g/mol. The van der Waals surface area contributed by atoms with Crippen molar-refractivity contribution in [2.45, 2.75) is 32.9 Å². The van der Waals surface area contributed by atoms with Crippen LogP contribution in [0, 0.1) is 0 Å². The van der Waals surface area contributed by atoms with Crippen LogP contribution >= 0.6 is 0 Å². The molecule has 0 fully saturated rings. The predicted molar refractivity (Wildman–Crippen MR) is 114 cm³/mol. The highest BCUT2D eigenvalue weighted by Gasteiger charge is 2.19. The van der Waals surface area contributed by atoms with Gasteiger partial charge in [0, 0.05) is 11.6 Å². The number of furan rings is 1. The SMILES string of the molecule is COc1ccc(-c2cc(NC(=O)c3ccoc3CNC(=O)OC(C)(C)C)ncn2)cc1. The van der Waals surface area contributed by atoms with E-state index >= 15 is 0 Å². The zero-order valence-corrected chi connectivity index (χ0v) is 17.8. The largest absolute Gasteiger partial charge is 0.497 e. The number of ether oxygens (including phenoxy) is 2. The Balaban J connectivity index is 1.67. The topological polar surface area (TPSA) is 116 Å². The van der Waals surface area contributed by atoms with Gasteiger partial charge < -0.3 is 24.5 Å². The van der Waals surface area contributed by atoms with Crippen LogP contribution in [-0.4, -0.2) is 34.7 Å². The molecule has 0 aliphatic rings. The lowest BCUT2D eigenvalue weighted by Gasteiger charge is -2.19. The number of anilines is 1. The minimum absolute atomic E-state index is 0.00549. The van der Waals surface area contributed by atoms with E-state index in [0.29, 0.717) is 17.3 Å². The summed E-state index contributed by atoms with van der Waals surface area (Å²) in [5.41, 5.74) is 1.15. The lowest BCUT2D eigenvalue weighted by atomic mass is 10.1. The summed E-state index contributed by atoms with van der Waals surface area (Å²) < 4.78 is 15.7. The first-order valence-electron chi connectivity index (χ1n) is 9.56. The summed E-state index contributed by atoms with van der Waals surface area (Å²) in [5, 5.41) is 5.29. The van der Waals surface area contributed by atoms with E-state index in [1.165, 1.54) is 18.7 Å². The number of methoxy groups -OCH3 is 1. The van der Waals surface area contributed by atoms with E-state index in [1.54, 1.807) is 33.9 Å². The maximum atomic E-state index is 12.7. The molecule has 2 heterocycles. The fraction of sp³-hybridized carbons (Fsp3) is 0.273. The molecule has 2 aromatic heterocycles. The van der Waals surface area contributed by atoms with Crippen LogP contribution in [0.5, 0.6) is 5.75 Å². The van der Waals surface area contributed by atoms with E-state index in [9.17, 15) is 9.59 Å². The number of aromatic nitrogens is 2. The Morgan fingerprint density at radius 1 is 1.10 bits per heavy atom. The van der Waals surface area contributed by atoms with Gasteiger partial charge in [0.05, 0.1) is 31.2 Å². The van der Waals surface area contributed by atoms with Gasteiger partial charge in [0.1, 0.15) is 29.3 Å². The van der Waals surface area contributed by atoms with Crippen LogP contribution in [0.3, 0.4) is 0 Å². The lowest BCUT2D eigenvalue weighted by Crippen LogP contribution is -2.32. The fourth-order valence-electron chi connectivity index (χ4n) is 2.68. The van der Waals surface area contributed by atoms with Gasteiger partial charge in [-0.1, -0.05) is 0 Å². The summed E-state index contributed by atoms with van der Waals surface area (Å²) >= 11 is 0. The minimum atomic E-state index is -0.623. The van der Waals surface area contributed by atoms with E-state index in [0.717, 1.165) is 11.3 Å². The molecule has 0 saturated carbocycles. The molecule has 0 atom stereocenters. The van der Waals surface area contributed by atoms with Crippen molar-refractivity contribution in [3.05, 3.63) is 60.3 Å². The summed E-state index contributed by atoms with van der Waals surface area (Å²) in [6.45, 7) is 5.30. The van der Waals surface area contributed by atoms with Crippen LogP contribution in [0.2, 0.25) is 0 Å². The molecule has 162 valence electrons. The van der Waals surface area contributed by atoms with Gasteiger partial charge in [-0.2, -0.15) is 0 Å². The number of nitrogens with one attached hydrogen (secondary N) is 2. The van der Waals surface area contributed by atoms with Crippen molar-refractivity contribution >= 4 is 17.8 Å². The number of hydrogen-bond acceptors (Lipinski definition) is 7. The van der Waals surface area contributed by atoms with Crippen molar-refractivity contribution < 1.29 is 23.5 Å². The molecule has 9 heteroatoms. The molecule has 0 radical (unpaired) electrons. The van der Waals surface area contributed by atoms with Gasteiger partial charge in [0.25, 0.3) is 5.91 Å². The van der Waals surface area contributed by atoms with Crippen LogP contribution in [0.15, 0.2) is 53.4 Å². The minimum Gasteiger partial charge on any atom is -0.497 e. The van der Waals surface area contributed by atoms with E-state index in [1.807, 2.05) is 24.3 Å². The molecule has 0 aliphatic carbocycles. The number of carbonyl (C=O) groups is 2. The van der Waals surface area contributed by atoms with Crippen molar-refractivity contribution in [1.29, 1.82) is 0 Å². The van der Waals surface area contributed by atoms with Crippen LogP contribution in [0.25, 0.3) is 11.3 Å². The van der Waals surface area contributed by atoms with Crippen LogP contribution in [0.4, 0.5) is 10.6 Å². The standard InChI is InChI=1S/C22H24N4O5/c1-22(2,3)31-21(28)23-12-18-16(9-10-30-18)20(27)26-19-11-17(24-13-25-19)14-5-7-15(29-4)8-6-14/h5-11,13H,12H2,1-4H3,(H,23,28)(H,24,25,26,27). The molecular weight excluding hydrogens is 400 g/mol. The normalized spacial score (nSPS) is 11.0. The molecular formula is C22H24N4O5. The number of alkyl carbamates (subject to hydrolysis) is 1. The molecule has 0 spiro atoms. The number of benzene rings is 1. The maximum absolute atomic E-state index is 12.7. The van der Waals surface area contributed by atoms with Crippen LogP contribution in [-0.2, 0) is 11.3 Å². The highest BCUT2D eigenvalue weighted by atomic mass is 16.6. The molecule has 2 amide bonds. The number of hydrogen-bond donors (Lipinski definition) is 2. The molecule has 0 aliphatic heterocycles. The third kappa shape index (κ3) is 6.05. The van der Waals surface area contributed by atoms with Gasteiger partial charge in [-0.15, -0.1) is 0 Å². The number of amides is 2. The highest BCUT2D eigenvalue weighted by molar-refractivity contribution is 6.04. The van der Waals surface area contributed by atoms with Crippen molar-refractivity contribution in [3.8, 4) is 17.0 Å². The van der Waals surface area contributed by atoms with Crippen molar-refractivity contribution in [2.24, 2.45) is 0 Å². The molecule has 0 saturated heterocycles. The second-order valence-electron chi connectivity index (χ2n) is 7.58. The Labute approximate surface area is 179 Å². The molecule has 9 nitrogen and oxygen atoms in total. The zero-order valence-electron chi connectivity index (χ0n) is 17.8. The van der Waals surface area contributed by atoms with E-state index < -0.39 is 17.6 Å². The van der Waals surface area contributed by atoms with Gasteiger partial charge in [0.2, 0.25) is 0 Å². The van der Waals surface area contributed by atoms with Crippen LogP contribution < -0.4 is 15.4 Å². The van der Waals surface area contributed by atoms with E-state index in [-0.39, 0.29) is 12.1 Å². The molecule has 3 rings (SSSR count). The average Bonchev–Trinajstić information content (AvgIpc) is 3.20. The first-order valence-corrected chi connectivity index (χ1v) is 9.56. The Morgan fingerprint density at radius 2 is 1.84 bits per heavy atom. The molecule has 3 aromatic rings. The lowest BCUT2D eigenvalue weighted by molar-refractivity contribution is 0.0519. The average molecular weight is 424 g/mol. The zero-order chi connectivity index (χ0) is 22.4. The van der Waals surface area contributed by atoms with Gasteiger partial charge in [-0.25, -0.2) is 14.8 Å². The molecule has 1 aromatic carbocycles. The van der Waals surface area contributed by atoms with Crippen molar-refractivity contribution in [2.75, 3.05) is 12.4 Å². The first-order chi connectivity index (χ1) is 14.7.